The zero-order valence-electron chi connectivity index (χ0n) is 14.9. The molecular weight excluding hydrogens is 320 g/mol. The smallest absolute Gasteiger partial charge is 0.253 e. The fraction of sp³-hybridized carbons (Fsp3) is 0.500. The minimum atomic E-state index is 0.0532. The fourth-order valence-corrected chi connectivity index (χ4v) is 3.01. The standard InChI is InChI=1S/C18H24N4O3/c1-4-17-20-16(21-25-17)11-24-15-7-5-14(6-8-15)18(23)22-9-12(2)19-13(3)10-22/h5-8,12-13,19H,4,9-11H2,1-3H3/t12-,13-/m0/s1. The van der Waals surface area contributed by atoms with Crippen molar-refractivity contribution in [3.63, 3.8) is 0 Å². The first kappa shape index (κ1) is 17.4. The molecule has 3 rings (SSSR count). The van der Waals surface area contributed by atoms with Gasteiger partial charge in [0.1, 0.15) is 5.75 Å². The monoisotopic (exact) mass is 344 g/mol. The van der Waals surface area contributed by atoms with Crippen LogP contribution in [-0.2, 0) is 13.0 Å². The van der Waals surface area contributed by atoms with E-state index >= 15 is 0 Å². The third-order valence-corrected chi connectivity index (χ3v) is 4.13. The van der Waals surface area contributed by atoms with E-state index in [0.717, 1.165) is 13.1 Å². The number of aromatic nitrogens is 2. The highest BCUT2D eigenvalue weighted by atomic mass is 16.5. The number of carbonyl (C=O) groups is 1. The normalized spacial score (nSPS) is 20.5. The topological polar surface area (TPSA) is 80.5 Å². The van der Waals surface area contributed by atoms with Gasteiger partial charge in [0.05, 0.1) is 0 Å². The summed E-state index contributed by atoms with van der Waals surface area (Å²) in [4.78, 5) is 18.7. The van der Waals surface area contributed by atoms with Crippen molar-refractivity contribution in [2.45, 2.75) is 45.9 Å². The molecule has 0 aliphatic carbocycles. The lowest BCUT2D eigenvalue weighted by atomic mass is 10.1. The van der Waals surface area contributed by atoms with Gasteiger partial charge in [0.15, 0.2) is 6.61 Å². The van der Waals surface area contributed by atoms with Crippen molar-refractivity contribution in [1.29, 1.82) is 0 Å². The van der Waals surface area contributed by atoms with Gasteiger partial charge in [-0.25, -0.2) is 0 Å². The lowest BCUT2D eigenvalue weighted by Crippen LogP contribution is -2.55. The van der Waals surface area contributed by atoms with Crippen LogP contribution in [0.3, 0.4) is 0 Å². The van der Waals surface area contributed by atoms with E-state index in [1.807, 2.05) is 11.8 Å². The van der Waals surface area contributed by atoms with Gasteiger partial charge in [-0.15, -0.1) is 0 Å². The number of benzene rings is 1. The molecule has 1 aromatic carbocycles. The molecule has 0 spiro atoms. The second-order valence-electron chi connectivity index (χ2n) is 6.45. The van der Waals surface area contributed by atoms with Crippen molar-refractivity contribution in [2.24, 2.45) is 0 Å². The second kappa shape index (κ2) is 7.65. The van der Waals surface area contributed by atoms with Crippen LogP contribution in [0.1, 0.15) is 42.8 Å². The van der Waals surface area contributed by atoms with E-state index in [1.165, 1.54) is 0 Å². The number of ether oxygens (including phenoxy) is 1. The molecule has 1 N–H and O–H groups in total. The zero-order chi connectivity index (χ0) is 17.8. The SMILES string of the molecule is CCc1nc(COc2ccc(C(=O)N3C[C@H](C)N[C@@H](C)C3)cc2)no1. The molecule has 7 heteroatoms. The zero-order valence-corrected chi connectivity index (χ0v) is 14.9. The van der Waals surface area contributed by atoms with Crippen molar-refractivity contribution < 1.29 is 14.1 Å². The minimum absolute atomic E-state index is 0.0532. The summed E-state index contributed by atoms with van der Waals surface area (Å²) in [6.45, 7) is 7.82. The molecular formula is C18H24N4O3. The molecule has 134 valence electrons. The molecule has 1 amide bonds. The molecule has 7 nitrogen and oxygen atoms in total. The fourth-order valence-electron chi connectivity index (χ4n) is 3.01. The average molecular weight is 344 g/mol. The van der Waals surface area contributed by atoms with E-state index in [1.54, 1.807) is 24.3 Å². The molecule has 2 heterocycles. The Morgan fingerprint density at radius 3 is 2.56 bits per heavy atom. The molecule has 0 unspecified atom stereocenters. The highest BCUT2D eigenvalue weighted by Crippen LogP contribution is 2.16. The van der Waals surface area contributed by atoms with Crippen LogP contribution in [0.25, 0.3) is 0 Å². The second-order valence-corrected chi connectivity index (χ2v) is 6.45. The van der Waals surface area contributed by atoms with Gasteiger partial charge in [-0.3, -0.25) is 4.79 Å². The Morgan fingerprint density at radius 1 is 1.28 bits per heavy atom. The van der Waals surface area contributed by atoms with Gasteiger partial charge >= 0.3 is 0 Å². The first-order valence-electron chi connectivity index (χ1n) is 8.64. The van der Waals surface area contributed by atoms with Gasteiger partial charge in [0.25, 0.3) is 5.91 Å². The summed E-state index contributed by atoms with van der Waals surface area (Å²) in [5.74, 6) is 1.83. The van der Waals surface area contributed by atoms with Crippen LogP contribution in [0, 0.1) is 0 Å². The number of aryl methyl sites for hydroxylation is 1. The average Bonchev–Trinajstić information content (AvgIpc) is 3.07. The van der Waals surface area contributed by atoms with Crippen LogP contribution in [0.15, 0.2) is 28.8 Å². The van der Waals surface area contributed by atoms with Crippen molar-refractivity contribution in [1.82, 2.24) is 20.4 Å². The summed E-state index contributed by atoms with van der Waals surface area (Å²) in [5.41, 5.74) is 0.668. The Morgan fingerprint density at radius 2 is 1.96 bits per heavy atom. The van der Waals surface area contributed by atoms with E-state index in [9.17, 15) is 4.79 Å². The Kier molecular flexibility index (Phi) is 5.33. The Labute approximate surface area is 147 Å². The summed E-state index contributed by atoms with van der Waals surface area (Å²) in [6, 6.07) is 7.79. The number of amides is 1. The lowest BCUT2D eigenvalue weighted by Gasteiger charge is -2.36. The molecule has 2 atom stereocenters. The number of piperazine rings is 1. The Hall–Kier alpha value is -2.41. The molecule has 0 radical (unpaired) electrons. The molecule has 1 aliphatic rings. The van der Waals surface area contributed by atoms with E-state index in [-0.39, 0.29) is 12.5 Å². The predicted octanol–water partition coefficient (Wildman–Crippen LogP) is 2.03. The van der Waals surface area contributed by atoms with Crippen molar-refractivity contribution in [3.8, 4) is 5.75 Å². The van der Waals surface area contributed by atoms with Crippen molar-refractivity contribution in [2.75, 3.05) is 13.1 Å². The lowest BCUT2D eigenvalue weighted by molar-refractivity contribution is 0.0673. The largest absolute Gasteiger partial charge is 0.485 e. The van der Waals surface area contributed by atoms with E-state index < -0.39 is 0 Å². The summed E-state index contributed by atoms with van der Waals surface area (Å²) in [7, 11) is 0. The molecule has 2 aromatic rings. The van der Waals surface area contributed by atoms with Gasteiger partial charge < -0.3 is 19.5 Å². The highest BCUT2D eigenvalue weighted by Gasteiger charge is 2.25. The van der Waals surface area contributed by atoms with Crippen LogP contribution in [0.2, 0.25) is 0 Å². The molecule has 0 bridgehead atoms. The van der Waals surface area contributed by atoms with Gasteiger partial charge in [0, 0.05) is 37.2 Å². The number of hydrogen-bond donors (Lipinski definition) is 1. The molecule has 25 heavy (non-hydrogen) atoms. The maximum atomic E-state index is 12.6. The maximum absolute atomic E-state index is 12.6. The summed E-state index contributed by atoms with van der Waals surface area (Å²) >= 11 is 0. The van der Waals surface area contributed by atoms with Gasteiger partial charge in [0.2, 0.25) is 11.7 Å². The van der Waals surface area contributed by atoms with E-state index in [0.29, 0.717) is 41.5 Å². The summed E-state index contributed by atoms with van der Waals surface area (Å²) in [6.07, 6.45) is 0.701. The van der Waals surface area contributed by atoms with Gasteiger partial charge in [-0.05, 0) is 38.1 Å². The quantitative estimate of drug-likeness (QED) is 0.894. The van der Waals surface area contributed by atoms with Crippen LogP contribution >= 0.6 is 0 Å². The van der Waals surface area contributed by atoms with Gasteiger partial charge in [-0.1, -0.05) is 12.1 Å². The number of nitrogens with one attached hydrogen (secondary N) is 1. The number of nitrogens with zero attached hydrogens (tertiary/aromatic N) is 3. The van der Waals surface area contributed by atoms with E-state index in [2.05, 4.69) is 29.3 Å². The first-order valence-corrected chi connectivity index (χ1v) is 8.64. The predicted molar refractivity (Wildman–Crippen MR) is 92.4 cm³/mol. The van der Waals surface area contributed by atoms with Crippen LogP contribution in [-0.4, -0.2) is 46.1 Å². The maximum Gasteiger partial charge on any atom is 0.253 e. The van der Waals surface area contributed by atoms with Gasteiger partial charge in [-0.2, -0.15) is 4.98 Å². The summed E-state index contributed by atoms with van der Waals surface area (Å²) in [5, 5.41) is 7.27. The number of rotatable bonds is 5. The third-order valence-electron chi connectivity index (χ3n) is 4.13. The number of hydrogen-bond acceptors (Lipinski definition) is 6. The Balaban J connectivity index is 1.58. The molecule has 1 fully saturated rings. The highest BCUT2D eigenvalue weighted by molar-refractivity contribution is 5.94. The minimum Gasteiger partial charge on any atom is -0.485 e. The van der Waals surface area contributed by atoms with Crippen molar-refractivity contribution >= 4 is 5.91 Å². The summed E-state index contributed by atoms with van der Waals surface area (Å²) < 4.78 is 10.7. The molecule has 0 saturated carbocycles. The van der Waals surface area contributed by atoms with E-state index in [4.69, 9.17) is 9.26 Å². The molecule has 1 aliphatic heterocycles. The first-order chi connectivity index (χ1) is 12.0. The number of carbonyl (C=O) groups excluding carboxylic acids is 1. The third kappa shape index (κ3) is 4.36. The van der Waals surface area contributed by atoms with Crippen molar-refractivity contribution in [3.05, 3.63) is 41.5 Å². The van der Waals surface area contributed by atoms with Crippen LogP contribution in [0.5, 0.6) is 5.75 Å². The van der Waals surface area contributed by atoms with Crippen LogP contribution in [0.4, 0.5) is 0 Å². The Bertz CT molecular complexity index is 703. The molecule has 1 aromatic heterocycles. The molecule has 1 saturated heterocycles. The van der Waals surface area contributed by atoms with Crippen LogP contribution < -0.4 is 10.1 Å².